The average molecular weight is 509 g/mol. The van der Waals surface area contributed by atoms with Crippen LogP contribution in [-0.2, 0) is 27.4 Å². The number of hydrogen-bond donors (Lipinski definition) is 0. The zero-order valence-corrected chi connectivity index (χ0v) is 22.8. The molecule has 0 atom stereocenters. The first-order valence-corrected chi connectivity index (χ1v) is 16.7. The number of carbonyl (C=O) groups excluding carboxylic acids is 1. The predicted octanol–water partition coefficient (Wildman–Crippen LogP) is 6.68. The van der Waals surface area contributed by atoms with Crippen molar-refractivity contribution >= 4 is 13.7 Å². The second-order valence-corrected chi connectivity index (χ2v) is 15.8. The molecule has 9 fully saturated rings. The summed E-state index contributed by atoms with van der Waals surface area (Å²) in [6.07, 6.45) is 12.8. The summed E-state index contributed by atoms with van der Waals surface area (Å²) >= 11 is 0. The summed E-state index contributed by atoms with van der Waals surface area (Å²) in [6, 6.07) is 0. The first-order valence-electron chi connectivity index (χ1n) is 14.8. The van der Waals surface area contributed by atoms with Crippen molar-refractivity contribution in [3.05, 3.63) is 0 Å². The Balaban J connectivity index is 1.37. The van der Waals surface area contributed by atoms with Gasteiger partial charge < -0.3 is 0 Å². The zero-order valence-electron chi connectivity index (χ0n) is 21.9. The molecule has 9 rings (SSSR count). The standard InChI is InChI=1S/C28H45O6P/c1-4-30-35(31-5-2,32-6-3)33-27(29)28(34-35,25-21-9-17-7-18(11-21)12-22(25)10-17)26-23-13-19-8-20(15-23)16-24(26)14-19/h17-26H,4-16H2,1-3H3. The third-order valence-corrected chi connectivity index (χ3v) is 14.4. The summed E-state index contributed by atoms with van der Waals surface area (Å²) in [5.74, 6) is 5.72. The van der Waals surface area contributed by atoms with Gasteiger partial charge >= 0.3 is 211 Å². The number of hydrogen-bond acceptors (Lipinski definition) is 6. The average Bonchev–Trinajstić information content (AvgIpc) is 3.02. The van der Waals surface area contributed by atoms with E-state index in [0.29, 0.717) is 43.5 Å². The van der Waals surface area contributed by atoms with Crippen LogP contribution in [0.15, 0.2) is 0 Å². The molecule has 6 nitrogen and oxygen atoms in total. The molecular weight excluding hydrogens is 463 g/mol. The van der Waals surface area contributed by atoms with Gasteiger partial charge in [-0.05, 0) is 0 Å². The van der Waals surface area contributed by atoms with Gasteiger partial charge in [0, 0.05) is 0 Å². The van der Waals surface area contributed by atoms with E-state index in [1.165, 1.54) is 64.2 Å². The molecule has 0 N–H and O–H groups in total. The van der Waals surface area contributed by atoms with Gasteiger partial charge in [-0.15, -0.1) is 0 Å². The van der Waals surface area contributed by atoms with Crippen LogP contribution in [0.3, 0.4) is 0 Å². The van der Waals surface area contributed by atoms with E-state index < -0.39 is 13.3 Å². The first-order chi connectivity index (χ1) is 16.9. The molecule has 0 radical (unpaired) electrons. The van der Waals surface area contributed by atoms with Crippen LogP contribution in [0.5, 0.6) is 0 Å². The third-order valence-electron chi connectivity index (χ3n) is 11.3. The van der Waals surface area contributed by atoms with Crippen molar-refractivity contribution in [3.8, 4) is 0 Å². The minimum absolute atomic E-state index is 0.204. The van der Waals surface area contributed by atoms with Gasteiger partial charge in [-0.3, -0.25) is 0 Å². The van der Waals surface area contributed by atoms with Crippen LogP contribution < -0.4 is 0 Å². The Hall–Kier alpha value is -0.260. The molecular formula is C28H45O6P. The van der Waals surface area contributed by atoms with Crippen molar-refractivity contribution in [2.75, 3.05) is 19.8 Å². The molecule has 0 aromatic carbocycles. The van der Waals surface area contributed by atoms with Crippen LogP contribution in [0.1, 0.15) is 85.0 Å². The fourth-order valence-corrected chi connectivity index (χ4v) is 14.3. The molecule has 0 unspecified atom stereocenters. The van der Waals surface area contributed by atoms with Crippen molar-refractivity contribution in [2.24, 2.45) is 59.2 Å². The van der Waals surface area contributed by atoms with Crippen molar-refractivity contribution in [3.63, 3.8) is 0 Å². The van der Waals surface area contributed by atoms with E-state index in [0.717, 1.165) is 23.7 Å². The van der Waals surface area contributed by atoms with Crippen LogP contribution in [0, 0.1) is 59.2 Å². The van der Waals surface area contributed by atoms with Gasteiger partial charge in [0.2, 0.25) is 0 Å². The summed E-state index contributed by atoms with van der Waals surface area (Å²) in [6.45, 7) is 6.71. The molecule has 9 aliphatic rings. The van der Waals surface area contributed by atoms with Crippen LogP contribution >= 0.6 is 7.74 Å². The molecule has 35 heavy (non-hydrogen) atoms. The molecule has 1 heterocycles. The van der Waals surface area contributed by atoms with Crippen LogP contribution in [0.2, 0.25) is 0 Å². The van der Waals surface area contributed by atoms with Gasteiger partial charge in [-0.1, -0.05) is 0 Å². The summed E-state index contributed by atoms with van der Waals surface area (Å²) < 4.78 is 32.6. The van der Waals surface area contributed by atoms with Crippen molar-refractivity contribution in [1.82, 2.24) is 0 Å². The summed E-state index contributed by atoms with van der Waals surface area (Å²) in [5, 5.41) is 0. The van der Waals surface area contributed by atoms with E-state index in [4.69, 9.17) is 22.6 Å². The molecule has 7 heteroatoms. The van der Waals surface area contributed by atoms with Crippen molar-refractivity contribution in [1.29, 1.82) is 0 Å². The molecule has 1 saturated heterocycles. The maximum absolute atomic E-state index is 14.6. The van der Waals surface area contributed by atoms with Crippen LogP contribution in [0.4, 0.5) is 0 Å². The van der Waals surface area contributed by atoms with E-state index in [1.807, 2.05) is 20.8 Å². The quantitative estimate of drug-likeness (QED) is 0.341. The number of carbonyl (C=O) groups is 1. The fourth-order valence-electron chi connectivity index (χ4n) is 11.3. The molecule has 0 spiro atoms. The molecule has 0 amide bonds. The molecule has 8 aliphatic carbocycles. The van der Waals surface area contributed by atoms with Crippen LogP contribution in [0.25, 0.3) is 0 Å². The van der Waals surface area contributed by atoms with Gasteiger partial charge in [-0.2, -0.15) is 0 Å². The Morgan fingerprint density at radius 1 is 0.657 bits per heavy atom. The maximum atomic E-state index is 14.6. The topological polar surface area (TPSA) is 63.2 Å². The van der Waals surface area contributed by atoms with E-state index in [2.05, 4.69) is 0 Å². The summed E-state index contributed by atoms with van der Waals surface area (Å²) in [5.41, 5.74) is -0.984. The number of rotatable bonds is 8. The zero-order chi connectivity index (χ0) is 24.0. The summed E-state index contributed by atoms with van der Waals surface area (Å²) in [4.78, 5) is 14.6. The van der Waals surface area contributed by atoms with E-state index in [-0.39, 0.29) is 17.8 Å². The van der Waals surface area contributed by atoms with E-state index in [9.17, 15) is 4.79 Å². The molecule has 198 valence electrons. The van der Waals surface area contributed by atoms with Gasteiger partial charge in [0.05, 0.1) is 0 Å². The molecule has 0 aromatic heterocycles. The van der Waals surface area contributed by atoms with E-state index in [1.54, 1.807) is 0 Å². The Labute approximate surface area is 210 Å². The molecule has 0 aromatic rings. The predicted molar refractivity (Wildman–Crippen MR) is 133 cm³/mol. The van der Waals surface area contributed by atoms with Gasteiger partial charge in [0.15, 0.2) is 0 Å². The Bertz CT molecular complexity index is 756. The van der Waals surface area contributed by atoms with Crippen molar-refractivity contribution < 1.29 is 27.4 Å². The second kappa shape index (κ2) is 8.12. The normalized spacial score (nSPS) is 53.5. The second-order valence-electron chi connectivity index (χ2n) is 13.2. The Morgan fingerprint density at radius 2 is 1.00 bits per heavy atom. The Kier molecular flexibility index (Phi) is 5.53. The molecule has 8 saturated carbocycles. The Morgan fingerprint density at radius 3 is 1.31 bits per heavy atom. The SMILES string of the molecule is CCOP1(OCC)(OCC)OC(=O)C(C2C3CC4CC(C3)CC2C4)(C2C3CC4CC(C3)CC2C4)O1. The van der Waals surface area contributed by atoms with E-state index >= 15 is 0 Å². The van der Waals surface area contributed by atoms with Crippen LogP contribution in [-0.4, -0.2) is 31.4 Å². The van der Waals surface area contributed by atoms with Crippen molar-refractivity contribution in [2.45, 2.75) is 90.6 Å². The monoisotopic (exact) mass is 508 g/mol. The minimum atomic E-state index is -4.51. The molecule has 1 aliphatic heterocycles. The third kappa shape index (κ3) is 3.28. The summed E-state index contributed by atoms with van der Waals surface area (Å²) in [7, 11) is -4.51. The fraction of sp³-hybridized carbons (Fsp3) is 0.964. The van der Waals surface area contributed by atoms with Gasteiger partial charge in [-0.25, -0.2) is 0 Å². The molecule has 8 bridgehead atoms. The first kappa shape index (κ1) is 23.8. The van der Waals surface area contributed by atoms with Gasteiger partial charge in [0.25, 0.3) is 0 Å². The van der Waals surface area contributed by atoms with Gasteiger partial charge in [0.1, 0.15) is 0 Å².